The van der Waals surface area contributed by atoms with Crippen molar-refractivity contribution in [2.75, 3.05) is 6.26 Å². The summed E-state index contributed by atoms with van der Waals surface area (Å²) < 4.78 is 5.03. The van der Waals surface area contributed by atoms with Crippen molar-refractivity contribution < 1.29 is 0 Å². The zero-order valence-electron chi connectivity index (χ0n) is 15.0. The number of thioether (sulfide) groups is 1. The first-order valence-electron chi connectivity index (χ1n) is 8.04. The fourth-order valence-electron chi connectivity index (χ4n) is 2.78. The highest BCUT2D eigenvalue weighted by Gasteiger charge is 2.19. The van der Waals surface area contributed by atoms with Crippen molar-refractivity contribution in [3.8, 4) is 5.69 Å². The van der Waals surface area contributed by atoms with Gasteiger partial charge < -0.3 is 4.57 Å². The monoisotopic (exact) mass is 359 g/mol. The molecule has 0 aromatic carbocycles. The Morgan fingerprint density at radius 2 is 1.92 bits per heavy atom. The largest absolute Gasteiger partial charge is 0.308 e. The van der Waals surface area contributed by atoms with E-state index < -0.39 is 0 Å². The standard InChI is InChI=1S/C17H21N5O2S/c1-6-21-15(24)12-9-18-16(25-5)19-14(12)22(21)11-7-8-13(23)20(10-11)17(2,3)4/h7-10H,6H2,1-5H3. The summed E-state index contributed by atoms with van der Waals surface area (Å²) in [5.41, 5.74) is 0.669. The molecule has 132 valence electrons. The molecule has 0 spiro atoms. The molecule has 3 aromatic rings. The Kier molecular flexibility index (Phi) is 4.32. The van der Waals surface area contributed by atoms with Crippen LogP contribution in [0.1, 0.15) is 27.7 Å². The van der Waals surface area contributed by atoms with Gasteiger partial charge >= 0.3 is 0 Å². The second kappa shape index (κ2) is 6.18. The van der Waals surface area contributed by atoms with Crippen LogP contribution in [0.15, 0.2) is 39.3 Å². The van der Waals surface area contributed by atoms with Gasteiger partial charge in [-0.15, -0.1) is 0 Å². The van der Waals surface area contributed by atoms with Gasteiger partial charge in [-0.3, -0.25) is 9.59 Å². The van der Waals surface area contributed by atoms with Gasteiger partial charge in [-0.2, -0.15) is 0 Å². The summed E-state index contributed by atoms with van der Waals surface area (Å²) in [7, 11) is 0. The Labute approximate surface area is 149 Å². The van der Waals surface area contributed by atoms with Crippen LogP contribution in [0, 0.1) is 0 Å². The quantitative estimate of drug-likeness (QED) is 0.530. The Bertz CT molecular complexity index is 1060. The molecule has 0 saturated carbocycles. The molecular weight excluding hydrogens is 338 g/mol. The summed E-state index contributed by atoms with van der Waals surface area (Å²) in [5, 5.41) is 1.06. The van der Waals surface area contributed by atoms with E-state index in [1.165, 1.54) is 17.8 Å². The minimum atomic E-state index is -0.368. The van der Waals surface area contributed by atoms with E-state index in [0.29, 0.717) is 28.4 Å². The molecule has 0 saturated heterocycles. The highest BCUT2D eigenvalue weighted by molar-refractivity contribution is 7.98. The molecular formula is C17H21N5O2S. The van der Waals surface area contributed by atoms with Crippen molar-refractivity contribution in [3.63, 3.8) is 0 Å². The van der Waals surface area contributed by atoms with Gasteiger partial charge in [0.1, 0.15) is 5.39 Å². The lowest BCUT2D eigenvalue weighted by Gasteiger charge is -2.23. The summed E-state index contributed by atoms with van der Waals surface area (Å²) >= 11 is 1.42. The van der Waals surface area contributed by atoms with Crippen LogP contribution in [0.25, 0.3) is 16.7 Å². The number of aromatic nitrogens is 5. The summed E-state index contributed by atoms with van der Waals surface area (Å²) in [4.78, 5) is 33.6. The van der Waals surface area contributed by atoms with Gasteiger partial charge in [-0.1, -0.05) is 11.8 Å². The van der Waals surface area contributed by atoms with Gasteiger partial charge in [-0.05, 0) is 40.0 Å². The Balaban J connectivity index is 2.39. The Morgan fingerprint density at radius 1 is 1.20 bits per heavy atom. The van der Waals surface area contributed by atoms with E-state index in [-0.39, 0.29) is 16.7 Å². The molecule has 7 nitrogen and oxygen atoms in total. The average Bonchev–Trinajstić information content (AvgIpc) is 2.85. The molecule has 25 heavy (non-hydrogen) atoms. The van der Waals surface area contributed by atoms with E-state index in [2.05, 4.69) is 9.97 Å². The van der Waals surface area contributed by atoms with Crippen LogP contribution in [0.5, 0.6) is 0 Å². The number of rotatable bonds is 3. The topological polar surface area (TPSA) is 74.7 Å². The molecule has 0 aliphatic rings. The first kappa shape index (κ1) is 17.5. The smallest absolute Gasteiger partial charge is 0.278 e. The fraction of sp³-hybridized carbons (Fsp3) is 0.412. The normalized spacial score (nSPS) is 12.0. The van der Waals surface area contributed by atoms with Crippen molar-refractivity contribution in [3.05, 3.63) is 45.2 Å². The summed E-state index contributed by atoms with van der Waals surface area (Å²) in [6.45, 7) is 8.28. The Hall–Kier alpha value is -2.35. The second-order valence-corrected chi connectivity index (χ2v) is 7.47. The van der Waals surface area contributed by atoms with Gasteiger partial charge in [-0.25, -0.2) is 19.3 Å². The molecule has 0 aliphatic carbocycles. The van der Waals surface area contributed by atoms with Crippen molar-refractivity contribution >= 4 is 22.8 Å². The van der Waals surface area contributed by atoms with Gasteiger partial charge in [0.2, 0.25) is 0 Å². The minimum absolute atomic E-state index is 0.0856. The molecule has 0 aliphatic heterocycles. The maximum absolute atomic E-state index is 12.7. The zero-order valence-corrected chi connectivity index (χ0v) is 15.8. The van der Waals surface area contributed by atoms with Crippen molar-refractivity contribution in [1.82, 2.24) is 23.9 Å². The van der Waals surface area contributed by atoms with Crippen LogP contribution in [0.4, 0.5) is 0 Å². The van der Waals surface area contributed by atoms with E-state index >= 15 is 0 Å². The molecule has 3 aromatic heterocycles. The van der Waals surface area contributed by atoms with Crippen LogP contribution in [0.2, 0.25) is 0 Å². The third kappa shape index (κ3) is 2.90. The SMILES string of the molecule is CCn1c(=O)c2cnc(SC)nc2n1-c1ccc(=O)n(C(C)(C)C)c1. The molecule has 3 heterocycles. The molecule has 0 N–H and O–H groups in total. The van der Waals surface area contributed by atoms with E-state index in [1.54, 1.807) is 32.4 Å². The van der Waals surface area contributed by atoms with Gasteiger partial charge in [0, 0.05) is 30.5 Å². The second-order valence-electron chi connectivity index (χ2n) is 6.69. The number of hydrogen-bond donors (Lipinski definition) is 0. The summed E-state index contributed by atoms with van der Waals surface area (Å²) in [5.74, 6) is 0. The van der Waals surface area contributed by atoms with E-state index in [0.717, 1.165) is 0 Å². The van der Waals surface area contributed by atoms with Crippen LogP contribution in [-0.2, 0) is 12.1 Å². The lowest BCUT2D eigenvalue weighted by Crippen LogP contribution is -2.33. The lowest BCUT2D eigenvalue weighted by molar-refractivity contribution is 0.382. The van der Waals surface area contributed by atoms with Crippen LogP contribution in [-0.4, -0.2) is 30.2 Å². The van der Waals surface area contributed by atoms with Crippen molar-refractivity contribution in [2.24, 2.45) is 0 Å². The molecule has 0 amide bonds. The van der Waals surface area contributed by atoms with E-state index in [1.807, 2.05) is 34.0 Å². The van der Waals surface area contributed by atoms with Gasteiger partial charge in [0.25, 0.3) is 11.1 Å². The number of pyridine rings is 1. The molecule has 8 heteroatoms. The number of hydrogen-bond acceptors (Lipinski definition) is 5. The molecule has 0 radical (unpaired) electrons. The Morgan fingerprint density at radius 3 is 2.52 bits per heavy atom. The highest BCUT2D eigenvalue weighted by Crippen LogP contribution is 2.19. The minimum Gasteiger partial charge on any atom is -0.308 e. The molecule has 3 rings (SSSR count). The predicted octanol–water partition coefficient (Wildman–Crippen LogP) is 2.24. The maximum atomic E-state index is 12.7. The van der Waals surface area contributed by atoms with Crippen molar-refractivity contribution in [1.29, 1.82) is 0 Å². The third-order valence-corrected chi connectivity index (χ3v) is 4.56. The van der Waals surface area contributed by atoms with Crippen LogP contribution in [0.3, 0.4) is 0 Å². The summed E-state index contributed by atoms with van der Waals surface area (Å²) in [6.07, 6.45) is 5.23. The van der Waals surface area contributed by atoms with Gasteiger partial charge in [0.05, 0.1) is 5.69 Å². The average molecular weight is 359 g/mol. The zero-order chi connectivity index (χ0) is 18.4. The van der Waals surface area contributed by atoms with Crippen LogP contribution < -0.4 is 11.1 Å². The van der Waals surface area contributed by atoms with Crippen LogP contribution >= 0.6 is 11.8 Å². The molecule has 0 atom stereocenters. The predicted molar refractivity (Wildman–Crippen MR) is 99.8 cm³/mol. The number of nitrogens with zero attached hydrogens (tertiary/aromatic N) is 5. The first-order chi connectivity index (χ1) is 11.8. The summed E-state index contributed by atoms with van der Waals surface area (Å²) in [6, 6.07) is 3.24. The highest BCUT2D eigenvalue weighted by atomic mass is 32.2. The lowest BCUT2D eigenvalue weighted by atomic mass is 10.1. The maximum Gasteiger partial charge on any atom is 0.278 e. The first-order valence-corrected chi connectivity index (χ1v) is 9.26. The third-order valence-electron chi connectivity index (χ3n) is 4.00. The molecule has 0 unspecified atom stereocenters. The van der Waals surface area contributed by atoms with Gasteiger partial charge in [0.15, 0.2) is 10.8 Å². The number of fused-ring (bicyclic) bond motifs is 1. The van der Waals surface area contributed by atoms with E-state index in [9.17, 15) is 9.59 Å². The molecule has 0 fully saturated rings. The molecule has 0 bridgehead atoms. The fourth-order valence-corrected chi connectivity index (χ4v) is 3.12. The van der Waals surface area contributed by atoms with Crippen molar-refractivity contribution in [2.45, 2.75) is 44.9 Å². The van der Waals surface area contributed by atoms with E-state index in [4.69, 9.17) is 0 Å².